The van der Waals surface area contributed by atoms with Crippen LogP contribution in [-0.4, -0.2) is 39.4 Å². The Bertz CT molecular complexity index is 1210. The summed E-state index contributed by atoms with van der Waals surface area (Å²) in [5.74, 6) is 1.99. The number of aryl methyl sites for hydroxylation is 2. The van der Waals surface area contributed by atoms with E-state index in [-0.39, 0.29) is 11.2 Å². The minimum Gasteiger partial charge on any atom is -0.497 e. The molecule has 0 radical (unpaired) electrons. The second-order valence-corrected chi connectivity index (χ2v) is 7.43. The van der Waals surface area contributed by atoms with E-state index in [2.05, 4.69) is 0 Å². The minimum absolute atomic E-state index is 0.274. The fourth-order valence-corrected chi connectivity index (χ4v) is 4.01. The Morgan fingerprint density at radius 1 is 1.13 bits per heavy atom. The molecule has 30 heavy (non-hydrogen) atoms. The summed E-state index contributed by atoms with van der Waals surface area (Å²) in [6.45, 7) is 3.84. The van der Waals surface area contributed by atoms with Crippen LogP contribution in [0.4, 0.5) is 11.6 Å². The second kappa shape index (κ2) is 7.89. The van der Waals surface area contributed by atoms with Crippen LogP contribution in [0.5, 0.6) is 11.5 Å². The summed E-state index contributed by atoms with van der Waals surface area (Å²) in [5.41, 5.74) is 1.12. The topological polar surface area (TPSA) is 83.5 Å². The van der Waals surface area contributed by atoms with E-state index in [9.17, 15) is 9.59 Å². The number of ether oxygens (including phenoxy) is 2. The molecule has 0 N–H and O–H groups in total. The van der Waals surface area contributed by atoms with Gasteiger partial charge in [-0.25, -0.2) is 4.79 Å². The van der Waals surface area contributed by atoms with Crippen LogP contribution in [0.1, 0.15) is 26.2 Å². The molecule has 4 rings (SSSR count). The average molecular weight is 413 g/mol. The van der Waals surface area contributed by atoms with Gasteiger partial charge in [0.25, 0.3) is 5.56 Å². The first-order valence-electron chi connectivity index (χ1n) is 10.2. The van der Waals surface area contributed by atoms with Gasteiger partial charge in [0.2, 0.25) is 5.95 Å². The van der Waals surface area contributed by atoms with E-state index in [1.54, 1.807) is 21.3 Å². The number of imidazole rings is 1. The van der Waals surface area contributed by atoms with Crippen LogP contribution in [-0.2, 0) is 20.1 Å². The van der Waals surface area contributed by atoms with Crippen LogP contribution in [0.25, 0.3) is 11.2 Å². The monoisotopic (exact) mass is 413 g/mol. The standard InChI is InChI=1S/C21H27N5O4/c1-5-6-10-26-19(27)17-18(23(2)21(26)28)22-20-24(11-7-12-25(17)20)15-9-8-14(29-3)13-16(15)30-4/h8-9,13H,5-7,10-12H2,1-4H3. The van der Waals surface area contributed by atoms with Crippen molar-refractivity contribution in [3.8, 4) is 11.5 Å². The number of unbranched alkanes of at least 4 members (excludes halogenated alkanes) is 1. The van der Waals surface area contributed by atoms with Crippen molar-refractivity contribution < 1.29 is 9.47 Å². The Labute approximate surface area is 174 Å². The maximum atomic E-state index is 13.2. The summed E-state index contributed by atoms with van der Waals surface area (Å²) in [6, 6.07) is 5.61. The maximum Gasteiger partial charge on any atom is 0.332 e. The molecule has 0 amide bonds. The zero-order valence-corrected chi connectivity index (χ0v) is 17.8. The highest BCUT2D eigenvalue weighted by Gasteiger charge is 2.28. The first kappa shape index (κ1) is 20.1. The Morgan fingerprint density at radius 2 is 1.93 bits per heavy atom. The Hall–Kier alpha value is -3.23. The van der Waals surface area contributed by atoms with Crippen LogP contribution in [0.3, 0.4) is 0 Å². The van der Waals surface area contributed by atoms with Crippen LogP contribution in [0, 0.1) is 0 Å². The third-order valence-electron chi connectivity index (χ3n) is 5.63. The van der Waals surface area contributed by atoms with Gasteiger partial charge in [0.05, 0.1) is 19.9 Å². The minimum atomic E-state index is -0.329. The van der Waals surface area contributed by atoms with E-state index in [0.717, 1.165) is 31.5 Å². The Kier molecular flexibility index (Phi) is 5.27. The van der Waals surface area contributed by atoms with Crippen molar-refractivity contribution in [2.75, 3.05) is 25.7 Å². The molecule has 0 spiro atoms. The smallest absolute Gasteiger partial charge is 0.332 e. The molecule has 1 aromatic carbocycles. The van der Waals surface area contributed by atoms with Crippen LogP contribution < -0.4 is 25.6 Å². The first-order valence-corrected chi connectivity index (χ1v) is 10.2. The van der Waals surface area contributed by atoms with E-state index in [1.165, 1.54) is 9.13 Å². The predicted octanol–water partition coefficient (Wildman–Crippen LogP) is 2.26. The molecule has 1 aliphatic heterocycles. The summed E-state index contributed by atoms with van der Waals surface area (Å²) in [7, 11) is 4.89. The molecule has 0 bridgehead atoms. The van der Waals surface area contributed by atoms with Crippen molar-refractivity contribution >= 4 is 22.8 Å². The van der Waals surface area contributed by atoms with E-state index >= 15 is 0 Å². The van der Waals surface area contributed by atoms with Crippen molar-refractivity contribution in [1.82, 2.24) is 18.7 Å². The fraction of sp³-hybridized carbons (Fsp3) is 0.476. The highest BCUT2D eigenvalue weighted by Crippen LogP contribution is 2.38. The number of hydrogen-bond donors (Lipinski definition) is 0. The number of nitrogens with zero attached hydrogens (tertiary/aromatic N) is 5. The molecule has 9 heteroatoms. The molecule has 9 nitrogen and oxygen atoms in total. The van der Waals surface area contributed by atoms with Gasteiger partial charge in [-0.3, -0.25) is 13.9 Å². The van der Waals surface area contributed by atoms with Crippen LogP contribution in [0.2, 0.25) is 0 Å². The molecule has 2 aromatic heterocycles. The third-order valence-corrected chi connectivity index (χ3v) is 5.63. The summed E-state index contributed by atoms with van der Waals surface area (Å²) < 4.78 is 15.6. The average Bonchev–Trinajstić information content (AvgIpc) is 3.17. The van der Waals surface area contributed by atoms with Gasteiger partial charge in [-0.15, -0.1) is 0 Å². The molecule has 160 valence electrons. The molecule has 0 unspecified atom stereocenters. The fourth-order valence-electron chi connectivity index (χ4n) is 4.01. The van der Waals surface area contributed by atoms with E-state index in [0.29, 0.717) is 41.7 Å². The number of aromatic nitrogens is 4. The molecule has 0 saturated heterocycles. The first-order chi connectivity index (χ1) is 14.5. The molecule has 0 saturated carbocycles. The predicted molar refractivity (Wildman–Crippen MR) is 115 cm³/mol. The lowest BCUT2D eigenvalue weighted by Crippen LogP contribution is -2.40. The van der Waals surface area contributed by atoms with Crippen molar-refractivity contribution in [3.05, 3.63) is 39.0 Å². The number of fused-ring (bicyclic) bond motifs is 3. The lowest BCUT2D eigenvalue weighted by Gasteiger charge is -2.30. The molecule has 3 heterocycles. The number of hydrogen-bond acceptors (Lipinski definition) is 6. The molecule has 3 aromatic rings. The number of rotatable bonds is 6. The largest absolute Gasteiger partial charge is 0.497 e. The van der Waals surface area contributed by atoms with Crippen LogP contribution >= 0.6 is 0 Å². The number of benzene rings is 1. The number of methoxy groups -OCH3 is 2. The summed E-state index contributed by atoms with van der Waals surface area (Å²) >= 11 is 0. The Balaban J connectivity index is 1.93. The molecule has 0 atom stereocenters. The lowest BCUT2D eigenvalue weighted by molar-refractivity contribution is 0.394. The van der Waals surface area contributed by atoms with E-state index in [4.69, 9.17) is 14.5 Å². The van der Waals surface area contributed by atoms with Gasteiger partial charge < -0.3 is 18.9 Å². The Morgan fingerprint density at radius 3 is 2.63 bits per heavy atom. The van der Waals surface area contributed by atoms with Gasteiger partial charge >= 0.3 is 5.69 Å². The molecule has 0 fully saturated rings. The molecule has 1 aliphatic rings. The second-order valence-electron chi connectivity index (χ2n) is 7.43. The van der Waals surface area contributed by atoms with E-state index < -0.39 is 0 Å². The molecular formula is C21H27N5O4. The van der Waals surface area contributed by atoms with Crippen molar-refractivity contribution in [1.29, 1.82) is 0 Å². The van der Waals surface area contributed by atoms with Gasteiger partial charge in [0.15, 0.2) is 11.2 Å². The maximum absolute atomic E-state index is 13.2. The van der Waals surface area contributed by atoms with Gasteiger partial charge in [-0.1, -0.05) is 13.3 Å². The van der Waals surface area contributed by atoms with Gasteiger partial charge in [0, 0.05) is 32.7 Å². The SMILES string of the molecule is CCCCn1c(=O)c2c(nc3n2CCCN3c2ccc(OC)cc2OC)n(C)c1=O. The lowest BCUT2D eigenvalue weighted by atomic mass is 10.2. The highest BCUT2D eigenvalue weighted by atomic mass is 16.5. The van der Waals surface area contributed by atoms with Gasteiger partial charge in [-0.05, 0) is 25.0 Å². The van der Waals surface area contributed by atoms with Crippen molar-refractivity contribution in [3.63, 3.8) is 0 Å². The third kappa shape index (κ3) is 3.05. The van der Waals surface area contributed by atoms with E-state index in [1.807, 2.05) is 34.6 Å². The zero-order valence-electron chi connectivity index (χ0n) is 17.8. The molecular weight excluding hydrogens is 386 g/mol. The number of anilines is 2. The highest BCUT2D eigenvalue weighted by molar-refractivity contribution is 5.78. The normalized spacial score (nSPS) is 13.5. The quantitative estimate of drug-likeness (QED) is 0.616. The van der Waals surface area contributed by atoms with Crippen molar-refractivity contribution in [2.45, 2.75) is 39.3 Å². The molecule has 0 aliphatic carbocycles. The van der Waals surface area contributed by atoms with Gasteiger partial charge in [0.1, 0.15) is 11.5 Å². The summed E-state index contributed by atoms with van der Waals surface area (Å²) in [6.07, 6.45) is 2.52. The van der Waals surface area contributed by atoms with Crippen molar-refractivity contribution in [2.24, 2.45) is 7.05 Å². The zero-order chi connectivity index (χ0) is 21.4. The van der Waals surface area contributed by atoms with Crippen LogP contribution in [0.15, 0.2) is 27.8 Å². The van der Waals surface area contributed by atoms with Gasteiger partial charge in [-0.2, -0.15) is 4.98 Å². The summed E-state index contributed by atoms with van der Waals surface area (Å²) in [4.78, 5) is 32.7. The summed E-state index contributed by atoms with van der Waals surface area (Å²) in [5, 5.41) is 0.